The molecule has 8 heteroatoms. The summed E-state index contributed by atoms with van der Waals surface area (Å²) in [4.78, 5) is 23.6. The highest BCUT2D eigenvalue weighted by Crippen LogP contribution is 2.57. The first-order valence-electron chi connectivity index (χ1n) is 11.3. The number of nitrogens with one attached hydrogen (secondary N) is 1. The van der Waals surface area contributed by atoms with Crippen molar-refractivity contribution in [1.29, 1.82) is 0 Å². The van der Waals surface area contributed by atoms with E-state index in [2.05, 4.69) is 27.0 Å². The fraction of sp³-hybridized carbons (Fsp3) is 0.905. The lowest BCUT2D eigenvalue weighted by Gasteiger charge is -2.61. The SMILES string of the molecule is CCOC1CC(NC(=NC)N2CCN(CC(=O)N3CCCC3)CC2)C12CCC2.I. The Morgan fingerprint density at radius 3 is 2.31 bits per heavy atom. The molecule has 2 saturated heterocycles. The molecular formula is C21H38IN5O2. The molecule has 2 saturated carbocycles. The number of hydrogen-bond acceptors (Lipinski definition) is 4. The summed E-state index contributed by atoms with van der Waals surface area (Å²) in [5.74, 6) is 1.33. The molecule has 29 heavy (non-hydrogen) atoms. The number of ether oxygens (including phenoxy) is 1. The van der Waals surface area contributed by atoms with Gasteiger partial charge in [0.25, 0.3) is 0 Å². The molecule has 0 bridgehead atoms. The maximum Gasteiger partial charge on any atom is 0.236 e. The van der Waals surface area contributed by atoms with Crippen LogP contribution in [0.1, 0.15) is 45.4 Å². The van der Waals surface area contributed by atoms with E-state index in [0.717, 1.165) is 71.1 Å². The molecule has 2 aliphatic carbocycles. The Balaban J connectivity index is 0.00000240. The van der Waals surface area contributed by atoms with Crippen LogP contribution in [0, 0.1) is 5.41 Å². The fourth-order valence-corrected chi connectivity index (χ4v) is 5.47. The molecule has 0 aromatic heterocycles. The van der Waals surface area contributed by atoms with Gasteiger partial charge in [-0.3, -0.25) is 14.7 Å². The van der Waals surface area contributed by atoms with Crippen molar-refractivity contribution in [3.8, 4) is 0 Å². The number of piperazine rings is 1. The number of hydrogen-bond donors (Lipinski definition) is 1. The van der Waals surface area contributed by atoms with Gasteiger partial charge in [-0.25, -0.2) is 0 Å². The number of carbonyl (C=O) groups is 1. The predicted molar refractivity (Wildman–Crippen MR) is 126 cm³/mol. The quantitative estimate of drug-likeness (QED) is 0.341. The number of guanidine groups is 1. The highest BCUT2D eigenvalue weighted by atomic mass is 127. The molecule has 0 radical (unpaired) electrons. The number of halogens is 1. The van der Waals surface area contributed by atoms with Gasteiger partial charge in [-0.15, -0.1) is 24.0 Å². The predicted octanol–water partition coefficient (Wildman–Crippen LogP) is 1.77. The van der Waals surface area contributed by atoms with Crippen LogP contribution in [-0.2, 0) is 9.53 Å². The van der Waals surface area contributed by atoms with E-state index in [1.54, 1.807) is 0 Å². The number of carbonyl (C=O) groups excluding carboxylic acids is 1. The first-order valence-corrected chi connectivity index (χ1v) is 11.3. The van der Waals surface area contributed by atoms with Crippen molar-refractivity contribution in [3.63, 3.8) is 0 Å². The van der Waals surface area contributed by atoms with Crippen molar-refractivity contribution in [2.75, 3.05) is 59.5 Å². The number of amides is 1. The largest absolute Gasteiger partial charge is 0.378 e. The van der Waals surface area contributed by atoms with E-state index < -0.39 is 0 Å². The summed E-state index contributed by atoms with van der Waals surface area (Å²) in [6, 6.07) is 0.492. The molecule has 4 fully saturated rings. The molecule has 4 aliphatic rings. The Morgan fingerprint density at radius 1 is 1.07 bits per heavy atom. The van der Waals surface area contributed by atoms with Crippen molar-refractivity contribution in [3.05, 3.63) is 0 Å². The Hall–Kier alpha value is -0.610. The van der Waals surface area contributed by atoms with Crippen LogP contribution in [0.5, 0.6) is 0 Å². The second-order valence-electron chi connectivity index (χ2n) is 8.86. The van der Waals surface area contributed by atoms with Gasteiger partial charge in [-0.2, -0.15) is 0 Å². The van der Waals surface area contributed by atoms with Gasteiger partial charge in [-0.05, 0) is 39.0 Å². The molecule has 1 amide bonds. The van der Waals surface area contributed by atoms with Gasteiger partial charge in [0.1, 0.15) is 0 Å². The number of nitrogens with zero attached hydrogens (tertiary/aromatic N) is 4. The number of rotatable bonds is 5. The molecule has 0 aromatic rings. The van der Waals surface area contributed by atoms with Gasteiger partial charge < -0.3 is 19.9 Å². The molecule has 2 unspecified atom stereocenters. The van der Waals surface area contributed by atoms with E-state index >= 15 is 0 Å². The third-order valence-corrected chi connectivity index (χ3v) is 7.44. The highest BCUT2D eigenvalue weighted by molar-refractivity contribution is 14.0. The van der Waals surface area contributed by atoms with Crippen molar-refractivity contribution in [2.45, 2.75) is 57.6 Å². The normalized spacial score (nSPS) is 29.2. The summed E-state index contributed by atoms with van der Waals surface area (Å²) in [6.07, 6.45) is 7.72. The zero-order chi connectivity index (χ0) is 19.6. The Bertz CT molecular complexity index is 584. The summed E-state index contributed by atoms with van der Waals surface area (Å²) < 4.78 is 5.98. The number of aliphatic imine (C=N–C) groups is 1. The van der Waals surface area contributed by atoms with Crippen molar-refractivity contribution < 1.29 is 9.53 Å². The van der Waals surface area contributed by atoms with Gasteiger partial charge in [0.2, 0.25) is 5.91 Å². The van der Waals surface area contributed by atoms with E-state index in [0.29, 0.717) is 30.0 Å². The van der Waals surface area contributed by atoms with Gasteiger partial charge in [-0.1, -0.05) is 6.42 Å². The van der Waals surface area contributed by atoms with Crippen LogP contribution in [0.15, 0.2) is 4.99 Å². The van der Waals surface area contributed by atoms with Crippen LogP contribution in [-0.4, -0.2) is 98.2 Å². The summed E-state index contributed by atoms with van der Waals surface area (Å²) in [7, 11) is 1.89. The standard InChI is InChI=1S/C21H37N5O2.HI/c1-3-28-18-15-17(21(18)7-6-8-21)23-20(22-2)26-13-11-24(12-14-26)16-19(27)25-9-4-5-10-25;/h17-18H,3-16H2,1-2H3,(H,22,23);1H. The lowest BCUT2D eigenvalue weighted by atomic mass is 9.51. The maximum atomic E-state index is 12.4. The van der Waals surface area contributed by atoms with Crippen LogP contribution < -0.4 is 5.32 Å². The first-order chi connectivity index (χ1) is 13.7. The molecule has 4 rings (SSSR count). The van der Waals surface area contributed by atoms with E-state index in [1.807, 2.05) is 11.9 Å². The average molecular weight is 519 g/mol. The van der Waals surface area contributed by atoms with Crippen LogP contribution in [0.2, 0.25) is 0 Å². The van der Waals surface area contributed by atoms with E-state index in [-0.39, 0.29) is 24.0 Å². The zero-order valence-electron chi connectivity index (χ0n) is 18.1. The van der Waals surface area contributed by atoms with Crippen LogP contribution in [0.3, 0.4) is 0 Å². The Morgan fingerprint density at radius 2 is 1.76 bits per heavy atom. The second-order valence-corrected chi connectivity index (χ2v) is 8.86. The highest BCUT2D eigenvalue weighted by Gasteiger charge is 2.59. The van der Waals surface area contributed by atoms with Gasteiger partial charge in [0, 0.05) is 64.4 Å². The minimum Gasteiger partial charge on any atom is -0.378 e. The van der Waals surface area contributed by atoms with E-state index in [9.17, 15) is 4.79 Å². The van der Waals surface area contributed by atoms with Gasteiger partial charge in [0.05, 0.1) is 12.6 Å². The van der Waals surface area contributed by atoms with Crippen LogP contribution in [0.4, 0.5) is 0 Å². The smallest absolute Gasteiger partial charge is 0.236 e. The van der Waals surface area contributed by atoms with Gasteiger partial charge in [0.15, 0.2) is 5.96 Å². The molecule has 1 N–H and O–H groups in total. The monoisotopic (exact) mass is 519 g/mol. The summed E-state index contributed by atoms with van der Waals surface area (Å²) in [5.41, 5.74) is 0.343. The molecule has 166 valence electrons. The van der Waals surface area contributed by atoms with Crippen molar-refractivity contribution in [2.24, 2.45) is 10.4 Å². The van der Waals surface area contributed by atoms with Gasteiger partial charge >= 0.3 is 0 Å². The minimum absolute atomic E-state index is 0. The Labute approximate surface area is 192 Å². The van der Waals surface area contributed by atoms with E-state index in [1.165, 1.54) is 19.3 Å². The van der Waals surface area contributed by atoms with E-state index in [4.69, 9.17) is 4.74 Å². The van der Waals surface area contributed by atoms with Crippen molar-refractivity contribution in [1.82, 2.24) is 20.0 Å². The third kappa shape index (κ3) is 4.69. The molecule has 2 heterocycles. The lowest BCUT2D eigenvalue weighted by Crippen LogP contribution is -2.69. The zero-order valence-corrected chi connectivity index (χ0v) is 20.4. The summed E-state index contributed by atoms with van der Waals surface area (Å²) >= 11 is 0. The second kappa shape index (κ2) is 10.1. The molecule has 2 atom stereocenters. The number of likely N-dealkylation sites (tertiary alicyclic amines) is 1. The molecule has 1 spiro atoms. The van der Waals surface area contributed by atoms with Crippen molar-refractivity contribution >= 4 is 35.8 Å². The topological polar surface area (TPSA) is 60.4 Å². The van der Waals surface area contributed by atoms with Crippen LogP contribution >= 0.6 is 24.0 Å². The molecular weight excluding hydrogens is 481 g/mol. The lowest BCUT2D eigenvalue weighted by molar-refractivity contribution is -0.169. The summed E-state index contributed by atoms with van der Waals surface area (Å²) in [6.45, 7) is 9.09. The average Bonchev–Trinajstić information content (AvgIpc) is 3.18. The minimum atomic E-state index is 0. The first kappa shape index (κ1) is 23.1. The molecule has 2 aliphatic heterocycles. The van der Waals surface area contributed by atoms with Crippen LogP contribution in [0.25, 0.3) is 0 Å². The molecule has 7 nitrogen and oxygen atoms in total. The maximum absolute atomic E-state index is 12.4. The molecule has 0 aromatic carbocycles. The Kier molecular flexibility index (Phi) is 8.06. The summed E-state index contributed by atoms with van der Waals surface area (Å²) in [5, 5.41) is 3.76. The third-order valence-electron chi connectivity index (χ3n) is 7.44. The fourth-order valence-electron chi connectivity index (χ4n) is 5.47.